The van der Waals surface area contributed by atoms with Crippen molar-refractivity contribution in [1.82, 2.24) is 14.8 Å². The van der Waals surface area contributed by atoms with Crippen LogP contribution in [0.5, 0.6) is 5.88 Å². The second kappa shape index (κ2) is 4.65. The number of hydrogen-bond acceptors (Lipinski definition) is 4. The second-order valence-electron chi connectivity index (χ2n) is 3.25. The largest absolute Gasteiger partial charge is 0.478 e. The molecule has 6 nitrogen and oxygen atoms in total. The van der Waals surface area contributed by atoms with Crippen LogP contribution < -0.4 is 4.74 Å². The molecule has 0 saturated heterocycles. The molecule has 0 aliphatic rings. The zero-order chi connectivity index (χ0) is 12.3. The number of nitrogens with zero attached hydrogens (tertiary/aromatic N) is 3. The van der Waals surface area contributed by atoms with E-state index in [1.165, 1.54) is 17.1 Å². The van der Waals surface area contributed by atoms with Crippen LogP contribution in [0.25, 0.3) is 5.82 Å². The Labute approximate surface area is 97.5 Å². The molecule has 0 atom stereocenters. The summed E-state index contributed by atoms with van der Waals surface area (Å²) in [6.07, 6.45) is 2.68. The number of rotatable bonds is 4. The lowest BCUT2D eigenvalue weighted by atomic mass is 10.4. The summed E-state index contributed by atoms with van der Waals surface area (Å²) in [5.74, 6) is -0.0157. The lowest BCUT2D eigenvalue weighted by molar-refractivity contribution is 0.0697. The first kappa shape index (κ1) is 11.1. The van der Waals surface area contributed by atoms with Gasteiger partial charge in [-0.2, -0.15) is 10.1 Å². The standard InChI is InChI=1S/C11H11N3O3/c1-2-17-10-5-3-4-9(13-10)14-7-8(6-12-14)11(15)16/h3-7H,2H2,1H3,(H,15,16). The lowest BCUT2D eigenvalue weighted by Crippen LogP contribution is -2.01. The normalized spacial score (nSPS) is 10.2. The van der Waals surface area contributed by atoms with E-state index < -0.39 is 5.97 Å². The Balaban J connectivity index is 2.31. The van der Waals surface area contributed by atoms with Gasteiger partial charge in [0, 0.05) is 12.3 Å². The Kier molecular flexibility index (Phi) is 3.04. The predicted molar refractivity (Wildman–Crippen MR) is 59.5 cm³/mol. The molecule has 0 radical (unpaired) electrons. The molecule has 0 amide bonds. The van der Waals surface area contributed by atoms with Gasteiger partial charge in [0.05, 0.1) is 18.4 Å². The van der Waals surface area contributed by atoms with E-state index in [0.29, 0.717) is 18.3 Å². The molecule has 0 aliphatic carbocycles. The van der Waals surface area contributed by atoms with Crippen LogP contribution in [0.4, 0.5) is 0 Å². The van der Waals surface area contributed by atoms with E-state index >= 15 is 0 Å². The van der Waals surface area contributed by atoms with Crippen molar-refractivity contribution in [2.75, 3.05) is 6.61 Å². The van der Waals surface area contributed by atoms with Crippen LogP contribution in [0.3, 0.4) is 0 Å². The minimum Gasteiger partial charge on any atom is -0.478 e. The Morgan fingerprint density at radius 1 is 1.53 bits per heavy atom. The monoisotopic (exact) mass is 233 g/mol. The van der Waals surface area contributed by atoms with Gasteiger partial charge in [0.2, 0.25) is 5.88 Å². The molecule has 2 heterocycles. The zero-order valence-corrected chi connectivity index (χ0v) is 9.20. The summed E-state index contributed by atoms with van der Waals surface area (Å²) in [7, 11) is 0. The summed E-state index contributed by atoms with van der Waals surface area (Å²) < 4.78 is 6.65. The van der Waals surface area contributed by atoms with Gasteiger partial charge in [-0.25, -0.2) is 9.48 Å². The van der Waals surface area contributed by atoms with Crippen LogP contribution in [-0.2, 0) is 0 Å². The van der Waals surface area contributed by atoms with E-state index in [1.54, 1.807) is 18.2 Å². The molecular weight excluding hydrogens is 222 g/mol. The molecule has 2 aromatic heterocycles. The summed E-state index contributed by atoms with van der Waals surface area (Å²) in [4.78, 5) is 14.9. The minimum absolute atomic E-state index is 0.119. The highest BCUT2D eigenvalue weighted by Gasteiger charge is 2.08. The fraction of sp³-hybridized carbons (Fsp3) is 0.182. The Hall–Kier alpha value is -2.37. The van der Waals surface area contributed by atoms with Crippen LogP contribution >= 0.6 is 0 Å². The Morgan fingerprint density at radius 2 is 2.35 bits per heavy atom. The summed E-state index contributed by atoms with van der Waals surface area (Å²) >= 11 is 0. The predicted octanol–water partition coefficient (Wildman–Crippen LogP) is 1.36. The maximum Gasteiger partial charge on any atom is 0.338 e. The molecule has 0 saturated carbocycles. The number of aromatic nitrogens is 3. The lowest BCUT2D eigenvalue weighted by Gasteiger charge is -2.04. The Bertz CT molecular complexity index is 536. The first-order valence-electron chi connectivity index (χ1n) is 5.09. The molecule has 0 aliphatic heterocycles. The zero-order valence-electron chi connectivity index (χ0n) is 9.20. The van der Waals surface area contributed by atoms with Gasteiger partial charge in [-0.05, 0) is 13.0 Å². The van der Waals surface area contributed by atoms with Gasteiger partial charge in [-0.15, -0.1) is 0 Å². The van der Waals surface area contributed by atoms with Crippen LogP contribution in [0.2, 0.25) is 0 Å². The number of pyridine rings is 1. The van der Waals surface area contributed by atoms with Crippen LogP contribution in [0.15, 0.2) is 30.6 Å². The molecular formula is C11H11N3O3. The van der Waals surface area contributed by atoms with Crippen LogP contribution in [-0.4, -0.2) is 32.4 Å². The maximum absolute atomic E-state index is 10.7. The van der Waals surface area contributed by atoms with E-state index in [0.717, 1.165) is 0 Å². The third kappa shape index (κ3) is 2.41. The first-order chi connectivity index (χ1) is 8.20. The van der Waals surface area contributed by atoms with Crippen LogP contribution in [0, 0.1) is 0 Å². The smallest absolute Gasteiger partial charge is 0.338 e. The van der Waals surface area contributed by atoms with Crippen molar-refractivity contribution >= 4 is 5.97 Å². The molecule has 88 valence electrons. The molecule has 0 bridgehead atoms. The molecule has 0 aromatic carbocycles. The summed E-state index contributed by atoms with van der Waals surface area (Å²) in [5, 5.41) is 12.7. The highest BCUT2D eigenvalue weighted by atomic mass is 16.5. The topological polar surface area (TPSA) is 77.2 Å². The molecule has 2 rings (SSSR count). The Morgan fingerprint density at radius 3 is 3.00 bits per heavy atom. The van der Waals surface area contributed by atoms with Crippen molar-refractivity contribution in [2.45, 2.75) is 6.92 Å². The molecule has 17 heavy (non-hydrogen) atoms. The third-order valence-corrected chi connectivity index (χ3v) is 2.07. The van der Waals surface area contributed by atoms with Gasteiger partial charge in [-0.1, -0.05) is 6.07 Å². The fourth-order valence-corrected chi connectivity index (χ4v) is 1.32. The van der Waals surface area contributed by atoms with Gasteiger partial charge in [0.1, 0.15) is 0 Å². The number of carboxylic acids is 1. The summed E-state index contributed by atoms with van der Waals surface area (Å²) in [5.41, 5.74) is 0.119. The van der Waals surface area contributed by atoms with Gasteiger partial charge in [0.25, 0.3) is 0 Å². The van der Waals surface area contributed by atoms with E-state index in [-0.39, 0.29) is 5.56 Å². The molecule has 1 N–H and O–H groups in total. The van der Waals surface area contributed by atoms with Crippen molar-refractivity contribution in [2.24, 2.45) is 0 Å². The highest BCUT2D eigenvalue weighted by Crippen LogP contribution is 2.11. The van der Waals surface area contributed by atoms with E-state index in [2.05, 4.69) is 10.1 Å². The highest BCUT2D eigenvalue weighted by molar-refractivity contribution is 5.86. The fourth-order valence-electron chi connectivity index (χ4n) is 1.32. The van der Waals surface area contributed by atoms with Crippen molar-refractivity contribution in [3.8, 4) is 11.7 Å². The van der Waals surface area contributed by atoms with Crippen molar-refractivity contribution < 1.29 is 14.6 Å². The van der Waals surface area contributed by atoms with Gasteiger partial charge in [-0.3, -0.25) is 0 Å². The van der Waals surface area contributed by atoms with E-state index in [1.807, 2.05) is 6.92 Å². The van der Waals surface area contributed by atoms with Crippen molar-refractivity contribution in [3.63, 3.8) is 0 Å². The second-order valence-corrected chi connectivity index (χ2v) is 3.25. The number of ether oxygens (including phenoxy) is 1. The average Bonchev–Trinajstić information content (AvgIpc) is 2.79. The number of carbonyl (C=O) groups is 1. The van der Waals surface area contributed by atoms with E-state index in [4.69, 9.17) is 9.84 Å². The molecule has 0 fully saturated rings. The SMILES string of the molecule is CCOc1cccc(-n2cc(C(=O)O)cn2)n1. The van der Waals surface area contributed by atoms with Crippen LogP contribution in [0.1, 0.15) is 17.3 Å². The van der Waals surface area contributed by atoms with E-state index in [9.17, 15) is 4.79 Å². The molecule has 0 spiro atoms. The quantitative estimate of drug-likeness (QED) is 0.862. The summed E-state index contributed by atoms with van der Waals surface area (Å²) in [6, 6.07) is 5.23. The first-order valence-corrected chi connectivity index (χ1v) is 5.09. The molecule has 6 heteroatoms. The molecule has 0 unspecified atom stereocenters. The number of aromatic carboxylic acids is 1. The average molecular weight is 233 g/mol. The number of carboxylic acid groups (broad SMARTS) is 1. The minimum atomic E-state index is -1.02. The van der Waals surface area contributed by atoms with Gasteiger partial charge < -0.3 is 9.84 Å². The van der Waals surface area contributed by atoms with Crippen molar-refractivity contribution in [1.29, 1.82) is 0 Å². The van der Waals surface area contributed by atoms with Gasteiger partial charge in [0.15, 0.2) is 5.82 Å². The van der Waals surface area contributed by atoms with Crippen molar-refractivity contribution in [3.05, 3.63) is 36.2 Å². The number of hydrogen-bond donors (Lipinski definition) is 1. The summed E-state index contributed by atoms with van der Waals surface area (Å²) in [6.45, 7) is 2.39. The molecule has 2 aromatic rings. The van der Waals surface area contributed by atoms with Gasteiger partial charge >= 0.3 is 5.97 Å². The maximum atomic E-state index is 10.7. The third-order valence-electron chi connectivity index (χ3n) is 2.07.